The molecule has 0 aliphatic carbocycles. The summed E-state index contributed by atoms with van der Waals surface area (Å²) in [6.07, 6.45) is 0.815. The van der Waals surface area contributed by atoms with Gasteiger partial charge in [-0.15, -0.1) is 0 Å². The van der Waals surface area contributed by atoms with E-state index in [2.05, 4.69) is 13.0 Å². The Kier molecular flexibility index (Phi) is 5.08. The van der Waals surface area contributed by atoms with E-state index in [1.165, 1.54) is 0 Å². The van der Waals surface area contributed by atoms with Gasteiger partial charge in [0.2, 0.25) is 5.91 Å². The molecule has 2 aromatic carbocycles. The van der Waals surface area contributed by atoms with Crippen molar-refractivity contribution >= 4 is 22.6 Å². The lowest BCUT2D eigenvalue weighted by Gasteiger charge is -2.23. The summed E-state index contributed by atoms with van der Waals surface area (Å²) in [5, 5.41) is 1.09. The summed E-state index contributed by atoms with van der Waals surface area (Å²) in [5.41, 5.74) is 3.03. The second-order valence-corrected chi connectivity index (χ2v) is 6.29. The topological polar surface area (TPSA) is 36.7 Å². The van der Waals surface area contributed by atoms with Crippen LogP contribution in [0.2, 0.25) is 0 Å². The number of hydrogen-bond donors (Lipinski definition) is 0. The van der Waals surface area contributed by atoms with Gasteiger partial charge < -0.3 is 14.2 Å². The van der Waals surface area contributed by atoms with Crippen LogP contribution in [0.15, 0.2) is 59.0 Å². The van der Waals surface area contributed by atoms with Gasteiger partial charge in [0.25, 0.3) is 0 Å². The summed E-state index contributed by atoms with van der Waals surface area (Å²) < 4.78 is 5.93. The van der Waals surface area contributed by atoms with E-state index in [1.54, 1.807) is 4.90 Å². The predicted molar refractivity (Wildman–Crippen MR) is 102 cm³/mol. The Hall–Kier alpha value is -2.75. The molecule has 1 amide bonds. The monoisotopic (exact) mass is 336 g/mol. The number of nitrogens with zero attached hydrogens (tertiary/aromatic N) is 2. The number of hydrogen-bond acceptors (Lipinski definition) is 3. The summed E-state index contributed by atoms with van der Waals surface area (Å²) in [7, 11) is 3.79. The molecule has 1 aromatic heterocycles. The third kappa shape index (κ3) is 3.68. The van der Waals surface area contributed by atoms with Gasteiger partial charge in [-0.05, 0) is 18.2 Å². The first-order valence-electron chi connectivity index (χ1n) is 8.59. The van der Waals surface area contributed by atoms with Crippen LogP contribution in [0.5, 0.6) is 0 Å². The van der Waals surface area contributed by atoms with Gasteiger partial charge in [-0.25, -0.2) is 0 Å². The van der Waals surface area contributed by atoms with Crippen LogP contribution in [0.1, 0.15) is 18.2 Å². The number of rotatable bonds is 6. The first-order valence-corrected chi connectivity index (χ1v) is 8.59. The minimum Gasteiger partial charge on any atom is -0.461 e. The summed E-state index contributed by atoms with van der Waals surface area (Å²) in [6, 6.07) is 17.9. The molecule has 1 heterocycles. The van der Waals surface area contributed by atoms with Gasteiger partial charge >= 0.3 is 0 Å². The van der Waals surface area contributed by atoms with Crippen molar-refractivity contribution in [3.05, 3.63) is 65.9 Å². The van der Waals surface area contributed by atoms with E-state index >= 15 is 0 Å². The zero-order valence-corrected chi connectivity index (χ0v) is 15.0. The molecular weight excluding hydrogens is 312 g/mol. The fraction of sp³-hybridized carbons (Fsp3) is 0.286. The molecule has 0 spiro atoms. The van der Waals surface area contributed by atoms with Crippen LogP contribution in [0.3, 0.4) is 0 Å². The van der Waals surface area contributed by atoms with Gasteiger partial charge in [-0.2, -0.15) is 0 Å². The lowest BCUT2D eigenvalue weighted by molar-refractivity contribution is -0.128. The predicted octanol–water partition coefficient (Wildman–Crippen LogP) is 4.09. The number of carbonyl (C=O) groups excluding carboxylic acids is 1. The highest BCUT2D eigenvalue weighted by atomic mass is 16.3. The van der Waals surface area contributed by atoms with Crippen LogP contribution in [0, 0.1) is 0 Å². The minimum absolute atomic E-state index is 0.0821. The van der Waals surface area contributed by atoms with Crippen molar-refractivity contribution in [2.45, 2.75) is 19.9 Å². The molecule has 3 aromatic rings. The molecule has 0 saturated carbocycles. The van der Waals surface area contributed by atoms with Crippen molar-refractivity contribution in [2.75, 3.05) is 25.5 Å². The summed E-state index contributed by atoms with van der Waals surface area (Å²) in [5.74, 6) is 1.04. The molecule has 0 bridgehead atoms. The van der Waals surface area contributed by atoms with E-state index < -0.39 is 0 Å². The highest BCUT2D eigenvalue weighted by Gasteiger charge is 2.18. The number of amides is 1. The van der Waals surface area contributed by atoms with E-state index in [-0.39, 0.29) is 5.91 Å². The average molecular weight is 336 g/mol. The molecule has 0 aliphatic rings. The van der Waals surface area contributed by atoms with Gasteiger partial charge in [0, 0.05) is 43.7 Å². The Morgan fingerprint density at radius 3 is 2.40 bits per heavy atom. The van der Waals surface area contributed by atoms with Crippen LogP contribution in [0.25, 0.3) is 11.0 Å². The Bertz CT molecular complexity index is 855. The molecule has 0 radical (unpaired) electrons. The maximum absolute atomic E-state index is 12.6. The Labute approximate surface area is 148 Å². The van der Waals surface area contributed by atoms with Crippen LogP contribution in [-0.2, 0) is 17.8 Å². The number of fused-ring (bicyclic) bond motifs is 1. The number of benzene rings is 2. The number of anilines is 1. The quantitative estimate of drug-likeness (QED) is 0.680. The smallest absolute Gasteiger partial charge is 0.242 e. The lowest BCUT2D eigenvalue weighted by Crippen LogP contribution is -2.36. The second-order valence-electron chi connectivity index (χ2n) is 6.29. The molecule has 25 heavy (non-hydrogen) atoms. The third-order valence-corrected chi connectivity index (χ3v) is 4.49. The molecule has 0 N–H and O–H groups in total. The molecule has 3 rings (SSSR count). The Morgan fingerprint density at radius 2 is 1.68 bits per heavy atom. The second kappa shape index (κ2) is 7.43. The van der Waals surface area contributed by atoms with E-state index in [4.69, 9.17) is 4.42 Å². The molecule has 0 fully saturated rings. The highest BCUT2D eigenvalue weighted by Crippen LogP contribution is 2.27. The largest absolute Gasteiger partial charge is 0.461 e. The lowest BCUT2D eigenvalue weighted by atomic mass is 10.1. The fourth-order valence-electron chi connectivity index (χ4n) is 3.03. The maximum Gasteiger partial charge on any atom is 0.242 e. The zero-order valence-electron chi connectivity index (χ0n) is 15.0. The minimum atomic E-state index is 0.0821. The van der Waals surface area contributed by atoms with Gasteiger partial charge in [0.1, 0.15) is 11.3 Å². The number of aryl methyl sites for hydroxylation is 1. The van der Waals surface area contributed by atoms with Crippen molar-refractivity contribution < 1.29 is 9.21 Å². The van der Waals surface area contributed by atoms with Crippen LogP contribution in [0.4, 0.5) is 5.69 Å². The van der Waals surface area contributed by atoms with Gasteiger partial charge in [0.05, 0.1) is 6.54 Å². The molecular formula is C21H24N2O2. The highest BCUT2D eigenvalue weighted by molar-refractivity contribution is 5.84. The number of para-hydroxylation sites is 2. The number of furan rings is 1. The summed E-state index contributed by atoms with van der Waals surface area (Å²) >= 11 is 0. The van der Waals surface area contributed by atoms with Gasteiger partial charge in [0.15, 0.2) is 0 Å². The van der Waals surface area contributed by atoms with Crippen LogP contribution in [-0.4, -0.2) is 31.4 Å². The maximum atomic E-state index is 12.6. The molecule has 0 aliphatic heterocycles. The van der Waals surface area contributed by atoms with E-state index in [0.29, 0.717) is 13.1 Å². The van der Waals surface area contributed by atoms with Crippen molar-refractivity contribution in [1.82, 2.24) is 4.90 Å². The van der Waals surface area contributed by atoms with E-state index in [9.17, 15) is 4.79 Å². The van der Waals surface area contributed by atoms with Crippen molar-refractivity contribution in [3.8, 4) is 0 Å². The number of carbonyl (C=O) groups is 1. The van der Waals surface area contributed by atoms with Crippen LogP contribution >= 0.6 is 0 Å². The van der Waals surface area contributed by atoms with Crippen LogP contribution < -0.4 is 4.90 Å². The van der Waals surface area contributed by atoms with Gasteiger partial charge in [-0.1, -0.05) is 43.3 Å². The SMILES string of the molecule is CCc1oc2ccccc2c1CN(C)C(=O)CN(C)c1ccccc1. The Balaban J connectivity index is 1.74. The fourth-order valence-corrected chi connectivity index (χ4v) is 3.03. The van der Waals surface area contributed by atoms with Gasteiger partial charge in [-0.3, -0.25) is 4.79 Å². The van der Waals surface area contributed by atoms with E-state index in [1.807, 2.05) is 67.5 Å². The molecule has 0 atom stereocenters. The van der Waals surface area contributed by atoms with Crippen molar-refractivity contribution in [3.63, 3.8) is 0 Å². The first kappa shape index (κ1) is 17.1. The van der Waals surface area contributed by atoms with Crippen molar-refractivity contribution in [2.24, 2.45) is 0 Å². The Morgan fingerprint density at radius 1 is 1.00 bits per heavy atom. The standard InChI is InChI=1S/C21H24N2O2/c1-4-19-18(17-12-8-9-13-20(17)25-19)14-23(3)21(24)15-22(2)16-10-6-5-7-11-16/h5-13H,4,14-15H2,1-3H3. The first-order chi connectivity index (χ1) is 12.1. The summed E-state index contributed by atoms with van der Waals surface area (Å²) in [6.45, 7) is 2.98. The third-order valence-electron chi connectivity index (χ3n) is 4.49. The average Bonchev–Trinajstić information content (AvgIpc) is 3.00. The van der Waals surface area contributed by atoms with Crippen molar-refractivity contribution in [1.29, 1.82) is 0 Å². The molecule has 0 unspecified atom stereocenters. The molecule has 4 heteroatoms. The molecule has 4 nitrogen and oxygen atoms in total. The normalized spacial score (nSPS) is 10.8. The molecule has 130 valence electrons. The molecule has 0 saturated heterocycles. The summed E-state index contributed by atoms with van der Waals surface area (Å²) in [4.78, 5) is 16.4. The number of likely N-dealkylation sites (N-methyl/N-ethyl adjacent to an activating group) is 2. The van der Waals surface area contributed by atoms with E-state index in [0.717, 1.165) is 34.4 Å². The zero-order chi connectivity index (χ0) is 17.8.